The van der Waals surface area contributed by atoms with Gasteiger partial charge >= 0.3 is 5.97 Å². The molecule has 28 heavy (non-hydrogen) atoms. The molecule has 5 heteroatoms. The van der Waals surface area contributed by atoms with Crippen molar-refractivity contribution < 1.29 is 19.0 Å². The number of carbonyl (C=O) groups excluding carboxylic acids is 1. The monoisotopic (exact) mass is 373 g/mol. The van der Waals surface area contributed by atoms with Crippen LogP contribution in [0.2, 0.25) is 0 Å². The second-order valence-corrected chi connectivity index (χ2v) is 6.68. The molecule has 3 aromatic carbocycles. The minimum absolute atomic E-state index is 0.0788. The molecule has 1 aliphatic heterocycles. The van der Waals surface area contributed by atoms with Crippen LogP contribution >= 0.6 is 0 Å². The number of rotatable bonds is 6. The van der Waals surface area contributed by atoms with Crippen molar-refractivity contribution in [3.8, 4) is 11.8 Å². The standard InChI is InChI=1S/C23H19NO4/c1-26-19-10-9-16-11-18(8-7-17(16)12-19)21(14-24)27-22(25)13-20-23(28-20)15-5-3-2-4-6-15/h2-12,20-21,23H,13H2,1H3/t20-,21+,23-/m1/s1. The van der Waals surface area contributed by atoms with E-state index in [4.69, 9.17) is 14.2 Å². The van der Waals surface area contributed by atoms with Gasteiger partial charge in [-0.05, 0) is 34.5 Å². The summed E-state index contributed by atoms with van der Waals surface area (Å²) in [5.74, 6) is 0.325. The minimum atomic E-state index is -0.951. The van der Waals surface area contributed by atoms with E-state index in [-0.39, 0.29) is 18.6 Å². The van der Waals surface area contributed by atoms with Crippen LogP contribution in [0.15, 0.2) is 66.7 Å². The average Bonchev–Trinajstić information content (AvgIpc) is 3.50. The van der Waals surface area contributed by atoms with E-state index in [1.165, 1.54) is 0 Å². The van der Waals surface area contributed by atoms with E-state index in [9.17, 15) is 10.1 Å². The number of carbonyl (C=O) groups is 1. The van der Waals surface area contributed by atoms with Gasteiger partial charge in [-0.25, -0.2) is 0 Å². The molecule has 3 atom stereocenters. The van der Waals surface area contributed by atoms with Gasteiger partial charge in [0.1, 0.15) is 17.9 Å². The van der Waals surface area contributed by atoms with Gasteiger partial charge in [0.05, 0.1) is 19.6 Å². The summed E-state index contributed by atoms with van der Waals surface area (Å²) in [7, 11) is 1.62. The smallest absolute Gasteiger partial charge is 0.310 e. The topological polar surface area (TPSA) is 71.8 Å². The molecule has 140 valence electrons. The zero-order valence-electron chi connectivity index (χ0n) is 15.4. The van der Waals surface area contributed by atoms with E-state index in [0.29, 0.717) is 5.56 Å². The van der Waals surface area contributed by atoms with Crippen molar-refractivity contribution in [2.45, 2.75) is 24.7 Å². The van der Waals surface area contributed by atoms with Crippen molar-refractivity contribution in [2.75, 3.05) is 7.11 Å². The number of esters is 1. The molecule has 0 amide bonds. The molecule has 4 rings (SSSR count). The lowest BCUT2D eigenvalue weighted by molar-refractivity contribution is -0.147. The first-order valence-corrected chi connectivity index (χ1v) is 9.05. The largest absolute Gasteiger partial charge is 0.497 e. The second-order valence-electron chi connectivity index (χ2n) is 6.68. The van der Waals surface area contributed by atoms with Crippen molar-refractivity contribution >= 4 is 16.7 Å². The van der Waals surface area contributed by atoms with Gasteiger partial charge in [-0.1, -0.05) is 48.5 Å². The second kappa shape index (κ2) is 7.71. The maximum absolute atomic E-state index is 12.3. The first kappa shape index (κ1) is 18.0. The first-order valence-electron chi connectivity index (χ1n) is 9.05. The normalized spacial score (nSPS) is 18.9. The van der Waals surface area contributed by atoms with Crippen LogP contribution in [-0.4, -0.2) is 19.2 Å². The van der Waals surface area contributed by atoms with Crippen LogP contribution in [-0.2, 0) is 14.3 Å². The third-order valence-corrected chi connectivity index (χ3v) is 4.82. The zero-order chi connectivity index (χ0) is 19.5. The fourth-order valence-electron chi connectivity index (χ4n) is 3.28. The van der Waals surface area contributed by atoms with Gasteiger partial charge < -0.3 is 14.2 Å². The van der Waals surface area contributed by atoms with Crippen LogP contribution in [0.25, 0.3) is 10.8 Å². The molecule has 0 saturated carbocycles. The Morgan fingerprint density at radius 3 is 2.61 bits per heavy atom. The highest BCUT2D eigenvalue weighted by Gasteiger charge is 2.42. The fourth-order valence-corrected chi connectivity index (χ4v) is 3.28. The number of fused-ring (bicyclic) bond motifs is 1. The molecular weight excluding hydrogens is 354 g/mol. The summed E-state index contributed by atoms with van der Waals surface area (Å²) in [5, 5.41) is 11.4. The lowest BCUT2D eigenvalue weighted by Crippen LogP contribution is -2.12. The number of nitrogens with zero attached hydrogens (tertiary/aromatic N) is 1. The van der Waals surface area contributed by atoms with Gasteiger partial charge in [-0.15, -0.1) is 0 Å². The maximum Gasteiger partial charge on any atom is 0.310 e. The quantitative estimate of drug-likeness (QED) is 0.470. The van der Waals surface area contributed by atoms with Crippen molar-refractivity contribution in [1.29, 1.82) is 5.26 Å². The molecule has 0 bridgehead atoms. The summed E-state index contributed by atoms with van der Waals surface area (Å²) >= 11 is 0. The van der Waals surface area contributed by atoms with E-state index in [1.807, 2.05) is 60.7 Å². The number of epoxide rings is 1. The van der Waals surface area contributed by atoms with Gasteiger partial charge in [0.15, 0.2) is 0 Å². The van der Waals surface area contributed by atoms with Gasteiger partial charge in [0.25, 0.3) is 0 Å². The predicted octanol–water partition coefficient (Wildman–Crippen LogP) is 4.49. The Balaban J connectivity index is 1.41. The predicted molar refractivity (Wildman–Crippen MR) is 104 cm³/mol. The fraction of sp³-hybridized carbons (Fsp3) is 0.217. The third kappa shape index (κ3) is 3.83. The summed E-state index contributed by atoms with van der Waals surface area (Å²) in [5.41, 5.74) is 1.69. The van der Waals surface area contributed by atoms with E-state index in [2.05, 4.69) is 6.07 Å². The van der Waals surface area contributed by atoms with Crippen molar-refractivity contribution in [2.24, 2.45) is 0 Å². The Morgan fingerprint density at radius 2 is 1.86 bits per heavy atom. The highest BCUT2D eigenvalue weighted by molar-refractivity contribution is 5.84. The number of hydrogen-bond donors (Lipinski definition) is 0. The van der Waals surface area contributed by atoms with Crippen LogP contribution in [0.3, 0.4) is 0 Å². The van der Waals surface area contributed by atoms with Crippen LogP contribution in [0.5, 0.6) is 5.75 Å². The molecule has 5 nitrogen and oxygen atoms in total. The molecule has 0 radical (unpaired) electrons. The Labute approximate surface area is 163 Å². The maximum atomic E-state index is 12.3. The van der Waals surface area contributed by atoms with E-state index >= 15 is 0 Å². The van der Waals surface area contributed by atoms with Crippen LogP contribution < -0.4 is 4.74 Å². The number of benzene rings is 3. The Bertz CT molecular complexity index is 1040. The molecule has 1 fully saturated rings. The molecule has 0 N–H and O–H groups in total. The zero-order valence-corrected chi connectivity index (χ0v) is 15.4. The summed E-state index contributed by atoms with van der Waals surface area (Å²) in [6, 6.07) is 23.0. The van der Waals surface area contributed by atoms with Gasteiger partial charge in [0.2, 0.25) is 6.10 Å². The van der Waals surface area contributed by atoms with Gasteiger partial charge in [-0.3, -0.25) is 4.79 Å². The highest BCUT2D eigenvalue weighted by atomic mass is 16.6. The molecule has 1 heterocycles. The van der Waals surface area contributed by atoms with Gasteiger partial charge in [-0.2, -0.15) is 5.26 Å². The Kier molecular flexibility index (Phi) is 4.96. The molecule has 0 spiro atoms. The number of methoxy groups -OCH3 is 1. The molecule has 0 aliphatic carbocycles. The Hall–Kier alpha value is -3.36. The SMILES string of the molecule is COc1ccc2cc([C@H](C#N)OC(=O)C[C@H]3O[C@@H]3c3ccccc3)ccc2c1. The number of ether oxygens (including phenoxy) is 3. The van der Waals surface area contributed by atoms with E-state index in [1.54, 1.807) is 13.2 Å². The first-order chi connectivity index (χ1) is 13.7. The highest BCUT2D eigenvalue weighted by Crippen LogP contribution is 2.41. The number of nitriles is 1. The van der Waals surface area contributed by atoms with E-state index in [0.717, 1.165) is 22.1 Å². The van der Waals surface area contributed by atoms with Crippen molar-refractivity contribution in [1.82, 2.24) is 0 Å². The van der Waals surface area contributed by atoms with Crippen molar-refractivity contribution in [3.05, 3.63) is 77.9 Å². The molecular formula is C23H19NO4. The van der Waals surface area contributed by atoms with Crippen LogP contribution in [0.4, 0.5) is 0 Å². The molecule has 0 unspecified atom stereocenters. The average molecular weight is 373 g/mol. The Morgan fingerprint density at radius 1 is 1.11 bits per heavy atom. The lowest BCUT2D eigenvalue weighted by Gasteiger charge is -2.12. The van der Waals surface area contributed by atoms with E-state index < -0.39 is 12.1 Å². The molecule has 3 aromatic rings. The number of hydrogen-bond acceptors (Lipinski definition) is 5. The molecule has 0 aromatic heterocycles. The van der Waals surface area contributed by atoms with Crippen LogP contribution in [0, 0.1) is 11.3 Å². The summed E-state index contributed by atoms with van der Waals surface area (Å²) in [4.78, 5) is 12.3. The lowest BCUT2D eigenvalue weighted by atomic mass is 10.0. The molecule has 1 saturated heterocycles. The summed E-state index contributed by atoms with van der Waals surface area (Å²) in [6.45, 7) is 0. The van der Waals surface area contributed by atoms with Gasteiger partial charge in [0, 0.05) is 5.56 Å². The third-order valence-electron chi connectivity index (χ3n) is 4.82. The van der Waals surface area contributed by atoms with Crippen LogP contribution in [0.1, 0.15) is 29.8 Å². The summed E-state index contributed by atoms with van der Waals surface area (Å²) < 4.78 is 16.2. The summed E-state index contributed by atoms with van der Waals surface area (Å²) in [6.07, 6.45) is -1.10. The molecule has 1 aliphatic rings. The van der Waals surface area contributed by atoms with Crippen molar-refractivity contribution in [3.63, 3.8) is 0 Å². The minimum Gasteiger partial charge on any atom is -0.497 e.